The van der Waals surface area contributed by atoms with E-state index < -0.39 is 181 Å². The highest BCUT2D eigenvalue weighted by Crippen LogP contribution is 2.23. The number of nitrogens with zero attached hydrogens (tertiary/aromatic N) is 1. The number of thioether (sulfide) groups is 1. The number of thiol groups is 2. The van der Waals surface area contributed by atoms with E-state index in [4.69, 9.17) is 11.5 Å². The molecule has 0 saturated heterocycles. The van der Waals surface area contributed by atoms with Crippen molar-refractivity contribution in [1.29, 1.82) is 0 Å². The van der Waals surface area contributed by atoms with Gasteiger partial charge in [0.15, 0.2) is 0 Å². The maximum Gasteiger partial charge on any atom is 0.305 e. The fourth-order valence-corrected chi connectivity index (χ4v) is 12.2. The van der Waals surface area contributed by atoms with Gasteiger partial charge in [0.05, 0.1) is 25.3 Å². The van der Waals surface area contributed by atoms with Crippen LogP contribution in [0, 0.1) is 0 Å². The molecule has 109 heavy (non-hydrogen) atoms. The number of primary amides is 1. The zero-order valence-electron chi connectivity index (χ0n) is 59.0. The lowest BCUT2D eigenvalue weighted by Crippen LogP contribution is -2.61. The van der Waals surface area contributed by atoms with Crippen molar-refractivity contribution in [2.75, 3.05) is 30.1 Å². The third kappa shape index (κ3) is 26.1. The van der Waals surface area contributed by atoms with Gasteiger partial charge in [-0.3, -0.25) is 67.1 Å². The van der Waals surface area contributed by atoms with Crippen molar-refractivity contribution >= 4 is 142 Å². The summed E-state index contributed by atoms with van der Waals surface area (Å²) in [4.78, 5) is 206. The van der Waals surface area contributed by atoms with Gasteiger partial charge >= 0.3 is 11.9 Å². The molecule has 7 rings (SSSR count). The van der Waals surface area contributed by atoms with E-state index in [9.17, 15) is 78.0 Å². The molecule has 0 aliphatic carbocycles. The molecule has 0 spiro atoms. The zero-order chi connectivity index (χ0) is 79.4. The van der Waals surface area contributed by atoms with Crippen molar-refractivity contribution in [3.8, 4) is 11.5 Å². The van der Waals surface area contributed by atoms with Gasteiger partial charge in [0, 0.05) is 96.1 Å². The summed E-state index contributed by atoms with van der Waals surface area (Å²) >= 11 is 9.68. The number of imidazole rings is 1. The van der Waals surface area contributed by atoms with Crippen molar-refractivity contribution in [2.45, 2.75) is 131 Å². The molecule has 4 aromatic carbocycles. The number of H-pyrrole nitrogens is 3. The number of carbonyl (C=O) groups excluding carboxylic acids is 12. The normalized spacial score (nSPS) is 14.2. The van der Waals surface area contributed by atoms with E-state index in [-0.39, 0.29) is 67.2 Å². The van der Waals surface area contributed by atoms with Crippen molar-refractivity contribution < 1.29 is 87.5 Å². The van der Waals surface area contributed by atoms with E-state index in [1.165, 1.54) is 79.7 Å². The maximum absolute atomic E-state index is 15.2. The van der Waals surface area contributed by atoms with Gasteiger partial charge < -0.3 is 105 Å². The number of carboxylic acids is 2. The molecule has 11 atom stereocenters. The number of hydrogen-bond acceptors (Lipinski definition) is 21. The SMILES string of the molecule is CSCC[C@H](NC(=O)[C@H](Cc1c[nH]c2ccccc12)NC(=O)[C@H](CC(=O)O)NC(=O)[C@H](C)NC(=O)[C@@H](N)CS)C(=O)N[C@@H](CS)C(=O)N[C@@H](Cc1ccc(O)cc1)C(=O)N[C@@H](Cc1c[nH]c2ccccc12)C(=O)N[C@@H](Cc1cnc[nH]1)C(=O)N[C@@H](CCC(=O)O)C(=O)N[C@@H](Cc1ccc(O)cc1)C(=O)NCC(N)=O. The number of phenols is 2. The van der Waals surface area contributed by atoms with Gasteiger partial charge in [-0.2, -0.15) is 37.0 Å². The fraction of sp³-hybridized carbons (Fsp3) is 0.366. The van der Waals surface area contributed by atoms with Gasteiger partial charge in [-0.1, -0.05) is 60.7 Å². The summed E-state index contributed by atoms with van der Waals surface area (Å²) in [6.07, 6.45) is 3.63. The Balaban J connectivity index is 1.15. The van der Waals surface area contributed by atoms with Gasteiger partial charge in [-0.15, -0.1) is 0 Å². The first-order valence-electron chi connectivity index (χ1n) is 34.2. The lowest BCUT2D eigenvalue weighted by atomic mass is 10.0. The van der Waals surface area contributed by atoms with Gasteiger partial charge in [0.25, 0.3) is 0 Å². The Labute approximate surface area is 638 Å². The molecule has 0 aliphatic heterocycles. The quantitative estimate of drug-likeness (QED) is 0.0185. The van der Waals surface area contributed by atoms with E-state index in [0.29, 0.717) is 44.1 Å². The first-order chi connectivity index (χ1) is 52.0. The van der Waals surface area contributed by atoms with Crippen LogP contribution in [0.5, 0.6) is 11.5 Å². The summed E-state index contributed by atoms with van der Waals surface area (Å²) < 4.78 is 0. The Bertz CT molecular complexity index is 4370. The predicted octanol–water partition coefficient (Wildman–Crippen LogP) is -1.95. The average molecular weight is 1560 g/mol. The largest absolute Gasteiger partial charge is 0.508 e. The van der Waals surface area contributed by atoms with Gasteiger partial charge in [0.2, 0.25) is 70.9 Å². The Morgan fingerprint density at radius 2 is 0.881 bits per heavy atom. The molecule has 0 saturated carbocycles. The Hall–Kier alpha value is -11.6. The number of amides is 12. The molecule has 22 N–H and O–H groups in total. The minimum Gasteiger partial charge on any atom is -0.508 e. The number of aromatic amines is 3. The molecule has 0 fully saturated rings. The smallest absolute Gasteiger partial charge is 0.305 e. The predicted molar refractivity (Wildman–Crippen MR) is 405 cm³/mol. The van der Waals surface area contributed by atoms with Crippen molar-refractivity contribution in [2.24, 2.45) is 11.5 Å². The van der Waals surface area contributed by atoms with E-state index in [2.05, 4.69) is 104 Å². The second-order valence-corrected chi connectivity index (χ2v) is 27.1. The number of aromatic hydroxyl groups is 2. The van der Waals surface area contributed by atoms with E-state index in [1.54, 1.807) is 67.2 Å². The standard InChI is InChI=1S/C71H87N17O18S3/c1-36(79-62(97)46(72)33-107)61(96)82-56(28-60(94)95)70(105)86-53(25-39-29-75-47-9-5-3-7-44(39)47)67(102)81-50(21-22-109-2)65(100)88-57(34-108)71(106)84-52(24-38-13-17-43(90)18-14-38)66(101)85-54(26-40-30-76-48-10-6-4-8-45(40)48)68(103)87-55(27-41-31-74-35-78-41)69(104)80-49(19-20-59(92)93)64(99)83-51(63(98)77-32-58(73)91)23-37-11-15-42(89)16-12-37/h3-18,29-31,35-36,46,49-57,75-76,89-90,107-108H,19-28,32-34,72H2,1-2H3,(H2,73,91)(H,74,78)(H,77,98)(H,79,97)(H,80,104)(H,81,102)(H,82,96)(H,83,99)(H,84,106)(H,85,101)(H,86,105)(H,87,103)(H,88,100)(H,92,93)(H,94,95)/t36-,46-,49-,50-,51-,52-,53-,54-,55-,56-,57-/m0/s1. The molecule has 3 heterocycles. The number of nitrogens with one attached hydrogen (secondary N) is 14. The Kier molecular flexibility index (Phi) is 32.2. The third-order valence-electron chi connectivity index (χ3n) is 17.2. The number of carboxylic acid groups (broad SMARTS) is 2. The van der Waals surface area contributed by atoms with Crippen molar-refractivity contribution in [1.82, 2.24) is 78.4 Å². The number of benzene rings is 4. The number of nitrogens with two attached hydrogens (primary N) is 2. The van der Waals surface area contributed by atoms with Crippen LogP contribution in [0.1, 0.15) is 60.6 Å². The van der Waals surface area contributed by atoms with Gasteiger partial charge in [0.1, 0.15) is 71.9 Å². The summed E-state index contributed by atoms with van der Waals surface area (Å²) in [6, 6.07) is 7.95. The van der Waals surface area contributed by atoms with Gasteiger partial charge in [-0.25, -0.2) is 4.98 Å². The minimum atomic E-state index is -1.83. The molecular weight excluding hydrogens is 1480 g/mol. The number of rotatable bonds is 43. The topological polar surface area (TPSA) is 565 Å². The van der Waals surface area contributed by atoms with E-state index >= 15 is 9.59 Å². The minimum absolute atomic E-state index is 0.0763. The van der Waals surface area contributed by atoms with E-state index in [1.807, 2.05) is 0 Å². The molecule has 3 aromatic heterocycles. The molecule has 7 aromatic rings. The van der Waals surface area contributed by atoms with Crippen LogP contribution in [0.3, 0.4) is 0 Å². The average Bonchev–Trinajstić information content (AvgIpc) is 1.73. The van der Waals surface area contributed by atoms with Gasteiger partial charge in [-0.05, 0) is 90.4 Å². The highest BCUT2D eigenvalue weighted by atomic mass is 32.2. The monoisotopic (exact) mass is 1560 g/mol. The van der Waals surface area contributed by atoms with Crippen LogP contribution < -0.4 is 70.0 Å². The molecule has 35 nitrogen and oxygen atoms in total. The van der Waals surface area contributed by atoms with Crippen LogP contribution in [0.2, 0.25) is 0 Å². The Morgan fingerprint density at radius 1 is 0.468 bits per heavy atom. The van der Waals surface area contributed by atoms with Crippen LogP contribution >= 0.6 is 37.0 Å². The van der Waals surface area contributed by atoms with Crippen molar-refractivity contribution in [3.05, 3.63) is 150 Å². The molecule has 38 heteroatoms. The summed E-state index contributed by atoms with van der Waals surface area (Å²) in [5.41, 5.74) is 14.3. The van der Waals surface area contributed by atoms with Crippen LogP contribution in [-0.2, 0) is 99.2 Å². The highest BCUT2D eigenvalue weighted by molar-refractivity contribution is 7.98. The molecule has 0 unspecified atom stereocenters. The molecule has 0 radical (unpaired) electrons. The third-order valence-corrected chi connectivity index (χ3v) is 18.6. The lowest BCUT2D eigenvalue weighted by Gasteiger charge is -2.28. The number of fused-ring (bicyclic) bond motifs is 2. The van der Waals surface area contributed by atoms with Crippen molar-refractivity contribution in [3.63, 3.8) is 0 Å². The van der Waals surface area contributed by atoms with E-state index in [0.717, 1.165) is 0 Å². The number of phenolic OH excluding ortho intramolecular Hbond substituents is 2. The number of carbonyl (C=O) groups is 14. The molecular formula is C71H87N17O18S3. The fourth-order valence-electron chi connectivity index (χ4n) is 11.3. The lowest BCUT2D eigenvalue weighted by molar-refractivity contribution is -0.141. The number of aliphatic carboxylic acids is 2. The second kappa shape index (κ2) is 41.5. The molecule has 0 aliphatic rings. The number of hydrogen-bond donors (Lipinski definition) is 22. The first kappa shape index (κ1) is 84.6. The first-order valence-corrected chi connectivity index (χ1v) is 36.8. The second-order valence-electron chi connectivity index (χ2n) is 25.4. The van der Waals surface area contributed by atoms with Crippen LogP contribution in [0.4, 0.5) is 0 Å². The summed E-state index contributed by atoms with van der Waals surface area (Å²) in [5, 5.41) is 68.9. The summed E-state index contributed by atoms with van der Waals surface area (Å²) in [6.45, 7) is 0.632. The van der Waals surface area contributed by atoms with Crippen LogP contribution in [0.15, 0.2) is 122 Å². The zero-order valence-corrected chi connectivity index (χ0v) is 61.6. The number of para-hydroxylation sites is 2. The molecule has 12 amide bonds. The highest BCUT2D eigenvalue weighted by Gasteiger charge is 2.38. The maximum atomic E-state index is 15.2. The van der Waals surface area contributed by atoms with Crippen LogP contribution in [-0.4, -0.2) is 220 Å². The summed E-state index contributed by atoms with van der Waals surface area (Å²) in [5.74, 6) is -15.3. The summed E-state index contributed by atoms with van der Waals surface area (Å²) in [7, 11) is 0. The number of aromatic nitrogens is 4. The molecule has 582 valence electrons. The van der Waals surface area contributed by atoms with Crippen LogP contribution in [0.25, 0.3) is 21.8 Å². The molecule has 0 bridgehead atoms. The Morgan fingerprint density at radius 3 is 1.32 bits per heavy atom.